The average molecular weight is 308 g/mol. The molecule has 3 rings (SSSR count). The maximum absolute atomic E-state index is 6.21. The first-order valence-electron chi connectivity index (χ1n) is 8.29. The van der Waals surface area contributed by atoms with Gasteiger partial charge < -0.3 is 4.90 Å². The van der Waals surface area contributed by atoms with Crippen molar-refractivity contribution >= 4 is 17.4 Å². The van der Waals surface area contributed by atoms with E-state index in [0.717, 1.165) is 25.2 Å². The first-order valence-corrected chi connectivity index (χ1v) is 8.66. The molecule has 4 heteroatoms. The van der Waals surface area contributed by atoms with Crippen LogP contribution in [0.5, 0.6) is 0 Å². The summed E-state index contributed by atoms with van der Waals surface area (Å²) < 4.78 is 0. The van der Waals surface area contributed by atoms with E-state index >= 15 is 0 Å². The summed E-state index contributed by atoms with van der Waals surface area (Å²) in [6.07, 6.45) is 8.46. The van der Waals surface area contributed by atoms with Crippen LogP contribution in [0.3, 0.4) is 0 Å². The monoisotopic (exact) mass is 307 g/mol. The molecule has 0 spiro atoms. The normalized spacial score (nSPS) is 23.0. The van der Waals surface area contributed by atoms with Crippen LogP contribution in [-0.2, 0) is 12.8 Å². The standard InChI is InChI=1S/C17H26ClN3/c1-17(2,3)14-10-6-7-11-21(14)15-12-8-4-5-9-13(12)19-16(18)20-15/h14H,4-11H2,1-3H3/t14-/m1/s1. The van der Waals surface area contributed by atoms with E-state index in [4.69, 9.17) is 11.6 Å². The number of piperidine rings is 1. The van der Waals surface area contributed by atoms with E-state index in [1.807, 2.05) is 0 Å². The highest BCUT2D eigenvalue weighted by Gasteiger charge is 2.35. The first kappa shape index (κ1) is 15.1. The van der Waals surface area contributed by atoms with Gasteiger partial charge in [0.25, 0.3) is 0 Å². The molecule has 0 unspecified atom stereocenters. The molecule has 0 saturated carbocycles. The van der Waals surface area contributed by atoms with E-state index in [1.165, 1.54) is 43.4 Å². The molecule has 21 heavy (non-hydrogen) atoms. The van der Waals surface area contributed by atoms with Crippen LogP contribution in [0, 0.1) is 5.41 Å². The maximum atomic E-state index is 6.21. The molecule has 0 amide bonds. The van der Waals surface area contributed by atoms with Gasteiger partial charge in [0.2, 0.25) is 5.28 Å². The highest BCUT2D eigenvalue weighted by molar-refractivity contribution is 6.28. The van der Waals surface area contributed by atoms with Crippen LogP contribution >= 0.6 is 11.6 Å². The van der Waals surface area contributed by atoms with Crippen molar-refractivity contribution in [3.63, 3.8) is 0 Å². The number of nitrogens with zero attached hydrogens (tertiary/aromatic N) is 3. The van der Waals surface area contributed by atoms with Gasteiger partial charge in [-0.15, -0.1) is 0 Å². The zero-order chi connectivity index (χ0) is 15.0. The summed E-state index contributed by atoms with van der Waals surface area (Å²) in [5.41, 5.74) is 2.82. The molecular weight excluding hydrogens is 282 g/mol. The lowest BCUT2D eigenvalue weighted by molar-refractivity contribution is 0.260. The van der Waals surface area contributed by atoms with Crippen LogP contribution < -0.4 is 4.90 Å². The maximum Gasteiger partial charge on any atom is 0.224 e. The zero-order valence-electron chi connectivity index (χ0n) is 13.5. The predicted molar refractivity (Wildman–Crippen MR) is 88.1 cm³/mol. The minimum Gasteiger partial charge on any atom is -0.353 e. The lowest BCUT2D eigenvalue weighted by atomic mass is 9.80. The lowest BCUT2D eigenvalue weighted by Gasteiger charge is -2.45. The van der Waals surface area contributed by atoms with Gasteiger partial charge in [0.15, 0.2) is 0 Å². The molecule has 0 N–H and O–H groups in total. The Bertz CT molecular complexity index is 522. The smallest absolute Gasteiger partial charge is 0.224 e. The molecule has 2 heterocycles. The van der Waals surface area contributed by atoms with Gasteiger partial charge in [0.05, 0.1) is 5.69 Å². The second-order valence-electron chi connectivity index (χ2n) is 7.52. The second kappa shape index (κ2) is 5.75. The number of anilines is 1. The minimum atomic E-state index is 0.263. The summed E-state index contributed by atoms with van der Waals surface area (Å²) in [6.45, 7) is 8.11. The molecule has 0 radical (unpaired) electrons. The molecule has 1 aromatic heterocycles. The number of fused-ring (bicyclic) bond motifs is 1. The van der Waals surface area contributed by atoms with E-state index < -0.39 is 0 Å². The SMILES string of the molecule is CC(C)(C)[C@H]1CCCCN1c1nc(Cl)nc2c1CCCC2. The van der Waals surface area contributed by atoms with Crippen molar-refractivity contribution in [3.8, 4) is 0 Å². The van der Waals surface area contributed by atoms with Crippen LogP contribution in [0.25, 0.3) is 0 Å². The Balaban J connectivity index is 2.03. The van der Waals surface area contributed by atoms with Gasteiger partial charge in [0, 0.05) is 18.2 Å². The minimum absolute atomic E-state index is 0.263. The van der Waals surface area contributed by atoms with Crippen molar-refractivity contribution in [1.82, 2.24) is 9.97 Å². The van der Waals surface area contributed by atoms with E-state index in [-0.39, 0.29) is 5.41 Å². The molecule has 116 valence electrons. The molecule has 1 aliphatic carbocycles. The van der Waals surface area contributed by atoms with E-state index in [9.17, 15) is 0 Å². The molecule has 3 nitrogen and oxygen atoms in total. The van der Waals surface area contributed by atoms with Gasteiger partial charge in [-0.05, 0) is 62.0 Å². The van der Waals surface area contributed by atoms with Gasteiger partial charge in [-0.25, -0.2) is 9.97 Å². The Morgan fingerprint density at radius 3 is 2.57 bits per heavy atom. The summed E-state index contributed by atoms with van der Waals surface area (Å²) in [6, 6.07) is 0.545. The third kappa shape index (κ3) is 3.03. The molecule has 0 aromatic carbocycles. The molecule has 1 aromatic rings. The number of aromatic nitrogens is 2. The molecule has 1 saturated heterocycles. The van der Waals surface area contributed by atoms with Gasteiger partial charge >= 0.3 is 0 Å². The number of hydrogen-bond donors (Lipinski definition) is 0. The predicted octanol–water partition coefficient (Wildman–Crippen LogP) is 4.41. The van der Waals surface area contributed by atoms with E-state index in [2.05, 4.69) is 35.6 Å². The fraction of sp³-hybridized carbons (Fsp3) is 0.765. The van der Waals surface area contributed by atoms with Crippen LogP contribution in [0.2, 0.25) is 5.28 Å². The largest absolute Gasteiger partial charge is 0.353 e. The summed E-state index contributed by atoms with van der Waals surface area (Å²) in [5, 5.41) is 0.420. The van der Waals surface area contributed by atoms with Crippen LogP contribution in [-0.4, -0.2) is 22.6 Å². The van der Waals surface area contributed by atoms with Crippen molar-refractivity contribution in [2.45, 2.75) is 71.8 Å². The van der Waals surface area contributed by atoms with Gasteiger partial charge in [0.1, 0.15) is 5.82 Å². The summed E-state index contributed by atoms with van der Waals surface area (Å²) >= 11 is 6.21. The van der Waals surface area contributed by atoms with Gasteiger partial charge in [-0.2, -0.15) is 0 Å². The van der Waals surface area contributed by atoms with E-state index in [0.29, 0.717) is 11.3 Å². The molecule has 1 fully saturated rings. The van der Waals surface area contributed by atoms with E-state index in [1.54, 1.807) is 0 Å². The number of hydrogen-bond acceptors (Lipinski definition) is 3. The fourth-order valence-electron chi connectivity index (χ4n) is 3.87. The molecule has 1 atom stereocenters. The van der Waals surface area contributed by atoms with Crippen LogP contribution in [0.4, 0.5) is 5.82 Å². The highest BCUT2D eigenvalue weighted by atomic mass is 35.5. The molecule has 0 bridgehead atoms. The average Bonchev–Trinajstić information content (AvgIpc) is 2.45. The summed E-state index contributed by atoms with van der Waals surface area (Å²) in [5.74, 6) is 1.13. The lowest BCUT2D eigenvalue weighted by Crippen LogP contribution is -2.48. The summed E-state index contributed by atoms with van der Waals surface area (Å²) in [4.78, 5) is 11.7. The molecule has 2 aliphatic rings. The molecular formula is C17H26ClN3. The third-order valence-electron chi connectivity index (χ3n) is 4.91. The zero-order valence-corrected chi connectivity index (χ0v) is 14.2. The summed E-state index contributed by atoms with van der Waals surface area (Å²) in [7, 11) is 0. The Morgan fingerprint density at radius 2 is 1.81 bits per heavy atom. The highest BCUT2D eigenvalue weighted by Crippen LogP contribution is 2.38. The topological polar surface area (TPSA) is 29.0 Å². The number of aryl methyl sites for hydroxylation is 1. The molecule has 1 aliphatic heterocycles. The Hall–Kier alpha value is -0.830. The quantitative estimate of drug-likeness (QED) is 0.719. The van der Waals surface area contributed by atoms with Crippen molar-refractivity contribution in [2.24, 2.45) is 5.41 Å². The number of rotatable bonds is 1. The van der Waals surface area contributed by atoms with Gasteiger partial charge in [-0.1, -0.05) is 20.8 Å². The van der Waals surface area contributed by atoms with Crippen LogP contribution in [0.15, 0.2) is 0 Å². The fourth-order valence-corrected chi connectivity index (χ4v) is 4.05. The Morgan fingerprint density at radius 1 is 1.05 bits per heavy atom. The van der Waals surface area contributed by atoms with Crippen molar-refractivity contribution in [3.05, 3.63) is 16.5 Å². The van der Waals surface area contributed by atoms with Crippen molar-refractivity contribution in [1.29, 1.82) is 0 Å². The second-order valence-corrected chi connectivity index (χ2v) is 7.86. The Labute approximate surface area is 133 Å². The Kier molecular flexibility index (Phi) is 4.13. The van der Waals surface area contributed by atoms with Crippen molar-refractivity contribution < 1.29 is 0 Å². The number of halogens is 1. The van der Waals surface area contributed by atoms with Crippen molar-refractivity contribution in [2.75, 3.05) is 11.4 Å². The van der Waals surface area contributed by atoms with Crippen LogP contribution in [0.1, 0.15) is 64.1 Å². The first-order chi connectivity index (χ1) is 9.97. The van der Waals surface area contributed by atoms with Gasteiger partial charge in [-0.3, -0.25) is 0 Å². The third-order valence-corrected chi connectivity index (χ3v) is 5.08.